The molecular weight excluding hydrogens is 438 g/mol. The molecule has 1 amide bonds. The van der Waals surface area contributed by atoms with Gasteiger partial charge in [-0.1, -0.05) is 61.6 Å². The maximum absolute atomic E-state index is 12.2. The number of carbonyl (C=O) groups excluding carboxylic acids is 1. The van der Waals surface area contributed by atoms with Gasteiger partial charge in [0, 0.05) is 26.4 Å². The van der Waals surface area contributed by atoms with Gasteiger partial charge in [0.1, 0.15) is 0 Å². The molecule has 0 heterocycles. The molecule has 1 aromatic rings. The van der Waals surface area contributed by atoms with Crippen LogP contribution in [-0.4, -0.2) is 17.8 Å². The number of amides is 1. The average Bonchev–Trinajstić information content (AvgIpc) is 2.39. The second-order valence-corrected chi connectivity index (χ2v) is 7.07. The second kappa shape index (κ2) is 7.79. The van der Waals surface area contributed by atoms with E-state index in [1.54, 1.807) is 0 Å². The molecule has 1 aromatic carbocycles. The van der Waals surface area contributed by atoms with Gasteiger partial charge < -0.3 is 5.32 Å². The number of hydrogen-bond acceptors (Lipinski definition) is 1. The van der Waals surface area contributed by atoms with Crippen molar-refractivity contribution in [3.05, 3.63) is 32.7 Å². The van der Waals surface area contributed by atoms with Crippen LogP contribution in [0.1, 0.15) is 37.0 Å². The molecule has 19 heavy (non-hydrogen) atoms. The fraction of sp³-hybridized carbons (Fsp3) is 0.500. The van der Waals surface area contributed by atoms with Crippen molar-refractivity contribution in [2.24, 2.45) is 5.41 Å². The smallest absolute Gasteiger partial charge is 0.251 e. The number of hydrogen-bond donors (Lipinski definition) is 1. The number of alkyl halides is 1. The molecule has 0 saturated heterocycles. The van der Waals surface area contributed by atoms with Crippen LogP contribution >= 0.6 is 47.8 Å². The Hall–Kier alpha value is 0.130. The van der Waals surface area contributed by atoms with Crippen molar-refractivity contribution in [2.45, 2.75) is 26.7 Å². The van der Waals surface area contributed by atoms with Crippen LogP contribution in [0.25, 0.3) is 0 Å². The van der Waals surface area contributed by atoms with Crippen LogP contribution in [0.4, 0.5) is 0 Å². The van der Waals surface area contributed by atoms with Gasteiger partial charge in [-0.2, -0.15) is 0 Å². The molecule has 0 atom stereocenters. The first kappa shape index (κ1) is 17.2. The third-order valence-electron chi connectivity index (χ3n) is 3.53. The Labute approximate surface area is 140 Å². The minimum absolute atomic E-state index is 0.0331. The minimum Gasteiger partial charge on any atom is -0.351 e. The van der Waals surface area contributed by atoms with Gasteiger partial charge in [-0.05, 0) is 36.5 Å². The van der Waals surface area contributed by atoms with Crippen LogP contribution in [0.15, 0.2) is 27.1 Å². The van der Waals surface area contributed by atoms with Crippen LogP contribution in [0, 0.1) is 5.41 Å². The van der Waals surface area contributed by atoms with Gasteiger partial charge in [-0.15, -0.1) is 0 Å². The molecule has 1 rings (SSSR count). The highest BCUT2D eigenvalue weighted by Crippen LogP contribution is 2.28. The molecule has 0 spiro atoms. The van der Waals surface area contributed by atoms with Crippen molar-refractivity contribution in [3.63, 3.8) is 0 Å². The number of halogens is 3. The summed E-state index contributed by atoms with van der Waals surface area (Å²) in [5, 5.41) is 3.93. The molecule has 0 bridgehead atoms. The first-order chi connectivity index (χ1) is 8.96. The van der Waals surface area contributed by atoms with Crippen molar-refractivity contribution in [2.75, 3.05) is 11.9 Å². The molecule has 106 valence electrons. The Morgan fingerprint density at radius 2 is 1.68 bits per heavy atom. The van der Waals surface area contributed by atoms with Gasteiger partial charge in [-0.25, -0.2) is 0 Å². The van der Waals surface area contributed by atoms with E-state index in [0.29, 0.717) is 12.1 Å². The van der Waals surface area contributed by atoms with Crippen molar-refractivity contribution in [1.82, 2.24) is 5.32 Å². The summed E-state index contributed by atoms with van der Waals surface area (Å²) in [4.78, 5) is 12.2. The number of carbonyl (C=O) groups is 1. The third-order valence-corrected chi connectivity index (χ3v) is 5.64. The van der Waals surface area contributed by atoms with Crippen molar-refractivity contribution in [3.8, 4) is 0 Å². The Morgan fingerprint density at radius 1 is 1.16 bits per heavy atom. The van der Waals surface area contributed by atoms with E-state index in [4.69, 9.17) is 0 Å². The lowest BCUT2D eigenvalue weighted by Crippen LogP contribution is -2.38. The molecule has 0 unspecified atom stereocenters. The van der Waals surface area contributed by atoms with E-state index in [0.717, 1.165) is 27.1 Å². The molecule has 0 radical (unpaired) electrons. The quantitative estimate of drug-likeness (QED) is 0.591. The van der Waals surface area contributed by atoms with Crippen LogP contribution in [-0.2, 0) is 0 Å². The number of rotatable bonds is 6. The highest BCUT2D eigenvalue weighted by atomic mass is 79.9. The predicted molar refractivity (Wildman–Crippen MR) is 91.0 cm³/mol. The van der Waals surface area contributed by atoms with Gasteiger partial charge in [-0.3, -0.25) is 4.79 Å². The Morgan fingerprint density at radius 3 is 2.11 bits per heavy atom. The summed E-state index contributed by atoms with van der Waals surface area (Å²) in [6.45, 7) is 5.01. The zero-order valence-corrected chi connectivity index (χ0v) is 15.9. The fourth-order valence-electron chi connectivity index (χ4n) is 1.79. The molecule has 0 aliphatic heterocycles. The molecule has 0 aromatic heterocycles. The SMILES string of the molecule is CCC(CC)(CBr)CNC(=O)c1cc(Br)cc(Br)c1. The average molecular weight is 456 g/mol. The van der Waals surface area contributed by atoms with Gasteiger partial charge in [0.25, 0.3) is 5.91 Å². The molecule has 0 fully saturated rings. The van der Waals surface area contributed by atoms with Gasteiger partial charge >= 0.3 is 0 Å². The first-order valence-electron chi connectivity index (χ1n) is 6.26. The summed E-state index contributed by atoms with van der Waals surface area (Å²) in [6.07, 6.45) is 2.08. The molecule has 0 aliphatic carbocycles. The van der Waals surface area contributed by atoms with E-state index in [-0.39, 0.29) is 11.3 Å². The largest absolute Gasteiger partial charge is 0.351 e. The molecule has 2 nitrogen and oxygen atoms in total. The van der Waals surface area contributed by atoms with Crippen molar-refractivity contribution >= 4 is 53.7 Å². The summed E-state index contributed by atoms with van der Waals surface area (Å²) >= 11 is 10.3. The molecule has 1 N–H and O–H groups in total. The number of nitrogens with one attached hydrogen (secondary N) is 1. The predicted octanol–water partition coefficient (Wildman–Crippen LogP) is 5.14. The van der Waals surface area contributed by atoms with Crippen LogP contribution in [0.5, 0.6) is 0 Å². The highest BCUT2D eigenvalue weighted by molar-refractivity contribution is 9.11. The number of benzene rings is 1. The Balaban J connectivity index is 2.74. The summed E-state index contributed by atoms with van der Waals surface area (Å²) in [5.74, 6) is -0.0331. The van der Waals surface area contributed by atoms with Crippen molar-refractivity contribution in [1.29, 1.82) is 0 Å². The van der Waals surface area contributed by atoms with Crippen LogP contribution in [0.2, 0.25) is 0 Å². The molecular formula is C14H18Br3NO. The first-order valence-corrected chi connectivity index (χ1v) is 8.97. The van der Waals surface area contributed by atoms with Crippen LogP contribution < -0.4 is 5.32 Å². The van der Waals surface area contributed by atoms with E-state index in [2.05, 4.69) is 67.0 Å². The molecule has 0 aliphatic rings. The Kier molecular flexibility index (Phi) is 7.05. The summed E-state index contributed by atoms with van der Waals surface area (Å²) in [6, 6.07) is 5.57. The normalized spacial score (nSPS) is 11.4. The Bertz CT molecular complexity index is 416. The third kappa shape index (κ3) is 4.87. The monoisotopic (exact) mass is 453 g/mol. The van der Waals surface area contributed by atoms with E-state index >= 15 is 0 Å². The van der Waals surface area contributed by atoms with Gasteiger partial charge in [0.05, 0.1) is 0 Å². The standard InChI is InChI=1S/C14H18Br3NO/c1-3-14(4-2,8-15)9-18-13(19)10-5-11(16)7-12(17)6-10/h5-7H,3-4,8-9H2,1-2H3,(H,18,19). The zero-order chi connectivity index (χ0) is 14.5. The van der Waals surface area contributed by atoms with E-state index in [1.807, 2.05) is 18.2 Å². The molecule has 5 heteroatoms. The van der Waals surface area contributed by atoms with Gasteiger partial charge in [0.2, 0.25) is 0 Å². The van der Waals surface area contributed by atoms with E-state index < -0.39 is 0 Å². The lowest BCUT2D eigenvalue weighted by Gasteiger charge is -2.29. The lowest BCUT2D eigenvalue weighted by molar-refractivity contribution is 0.0932. The summed E-state index contributed by atoms with van der Waals surface area (Å²) in [5.41, 5.74) is 0.802. The summed E-state index contributed by atoms with van der Waals surface area (Å²) in [7, 11) is 0. The summed E-state index contributed by atoms with van der Waals surface area (Å²) < 4.78 is 1.79. The maximum Gasteiger partial charge on any atom is 0.251 e. The van der Waals surface area contributed by atoms with E-state index in [1.165, 1.54) is 0 Å². The van der Waals surface area contributed by atoms with Crippen molar-refractivity contribution < 1.29 is 4.79 Å². The second-order valence-electron chi connectivity index (χ2n) is 4.68. The topological polar surface area (TPSA) is 29.1 Å². The van der Waals surface area contributed by atoms with Gasteiger partial charge in [0.15, 0.2) is 0 Å². The zero-order valence-electron chi connectivity index (χ0n) is 11.1. The highest BCUT2D eigenvalue weighted by Gasteiger charge is 2.25. The van der Waals surface area contributed by atoms with Crippen LogP contribution in [0.3, 0.4) is 0 Å². The fourth-order valence-corrected chi connectivity index (χ4v) is 4.08. The lowest BCUT2D eigenvalue weighted by atomic mass is 9.84. The van der Waals surface area contributed by atoms with E-state index in [9.17, 15) is 4.79 Å². The maximum atomic E-state index is 12.2. The minimum atomic E-state index is -0.0331. The molecule has 0 saturated carbocycles.